The van der Waals surface area contributed by atoms with Crippen LogP contribution in [-0.4, -0.2) is 41.9 Å². The summed E-state index contributed by atoms with van der Waals surface area (Å²) in [5.74, 6) is 1.35. The number of oxazole rings is 2. The molecule has 3 aliphatic heterocycles. The van der Waals surface area contributed by atoms with E-state index in [2.05, 4.69) is 36.3 Å². The van der Waals surface area contributed by atoms with Crippen molar-refractivity contribution in [3.8, 4) is 28.7 Å². The van der Waals surface area contributed by atoms with Gasteiger partial charge in [-0.25, -0.2) is 14.7 Å². The number of H-pyrrole nitrogens is 1. The Kier molecular flexibility index (Phi) is 8.49. The molecule has 4 bridgehead atoms. The minimum absolute atomic E-state index is 0. The van der Waals surface area contributed by atoms with Gasteiger partial charge in [0.25, 0.3) is 0 Å². The Hall–Kier alpha value is -3.50. The first-order valence-corrected chi connectivity index (χ1v) is 17.6. The van der Waals surface area contributed by atoms with Crippen LogP contribution in [0.1, 0.15) is 48.2 Å². The molecule has 0 saturated carbocycles. The number of carbonyl (C=O) groups is 1. The molecule has 1 amide bonds. The summed E-state index contributed by atoms with van der Waals surface area (Å²) >= 11 is 1.03. The van der Waals surface area contributed by atoms with Crippen LogP contribution in [0.3, 0.4) is 0 Å². The summed E-state index contributed by atoms with van der Waals surface area (Å²) in [4.78, 5) is 26.8. The summed E-state index contributed by atoms with van der Waals surface area (Å²) in [6.07, 6.45) is 3.01. The number of ether oxygens (including phenoxy) is 1. The summed E-state index contributed by atoms with van der Waals surface area (Å²) in [5.41, 5.74) is 4.31. The van der Waals surface area contributed by atoms with E-state index in [-0.39, 0.29) is 61.9 Å². The fraction of sp³-hybridized carbons (Fsp3) is 0.229. The van der Waals surface area contributed by atoms with Crippen molar-refractivity contribution in [3.63, 3.8) is 0 Å². The number of nitrogens with one attached hydrogen (secondary N) is 4. The molecule has 2 unspecified atom stereocenters. The Morgan fingerprint density at radius 1 is 1.08 bits per heavy atom. The van der Waals surface area contributed by atoms with Gasteiger partial charge in [-0.2, -0.15) is 0 Å². The summed E-state index contributed by atoms with van der Waals surface area (Å²) in [7, 11) is 0. The van der Waals surface area contributed by atoms with Crippen molar-refractivity contribution < 1.29 is 64.9 Å². The maximum absolute atomic E-state index is 13.7. The molecule has 12 nitrogen and oxygen atoms in total. The Bertz CT molecular complexity index is 2340. The molecular weight excluding hydrogens is 752 g/mol. The number of para-hydroxylation sites is 2. The van der Waals surface area contributed by atoms with Crippen molar-refractivity contribution >= 4 is 49.7 Å². The smallest absolute Gasteiger partial charge is 0.249 e. The molecule has 0 radical (unpaired) electrons. The second kappa shape index (κ2) is 12.6. The van der Waals surface area contributed by atoms with Gasteiger partial charge in [0.05, 0.1) is 11.9 Å². The minimum atomic E-state index is -2.69. The molecule has 9 rings (SSSR count). The molecule has 5 atom stereocenters. The predicted octanol–water partition coefficient (Wildman–Crippen LogP) is 5.84. The fourth-order valence-corrected chi connectivity index (χ4v) is 8.27. The first kappa shape index (κ1) is 33.6. The number of carbonyl (C=O) groups excluding carboxylic acids is 1. The van der Waals surface area contributed by atoms with E-state index in [1.165, 1.54) is 0 Å². The van der Waals surface area contributed by atoms with Crippen LogP contribution in [0, 0.1) is 43.7 Å². The first-order valence-electron chi connectivity index (χ1n) is 15.8. The van der Waals surface area contributed by atoms with Crippen molar-refractivity contribution in [3.05, 3.63) is 106 Å². The van der Waals surface area contributed by atoms with Gasteiger partial charge in [-0.05, 0) is 52.0 Å². The zero-order chi connectivity index (χ0) is 33.6. The number of aromatic amines is 1. The van der Waals surface area contributed by atoms with Crippen LogP contribution in [-0.2, 0) is 27.9 Å². The molecule has 50 heavy (non-hydrogen) atoms. The van der Waals surface area contributed by atoms with Crippen molar-refractivity contribution in [2.45, 2.75) is 44.0 Å². The Balaban J connectivity index is 0.00000361. The van der Waals surface area contributed by atoms with E-state index in [1.807, 2.05) is 80.7 Å². The number of fused-ring (bicyclic) bond motifs is 5. The van der Waals surface area contributed by atoms with Gasteiger partial charge in [0.1, 0.15) is 23.2 Å². The number of hydrogen-bond acceptors (Lipinski definition) is 9. The van der Waals surface area contributed by atoms with Gasteiger partial charge in [-0.1, -0.05) is 56.3 Å². The third kappa shape index (κ3) is 5.10. The monoisotopic (exact) mass is 779 g/mol. The van der Waals surface area contributed by atoms with Gasteiger partial charge in [-0.15, -0.1) is 0 Å². The van der Waals surface area contributed by atoms with E-state index in [9.17, 15) is 13.6 Å². The van der Waals surface area contributed by atoms with Crippen LogP contribution < -0.4 is 20.1 Å². The van der Waals surface area contributed by atoms with Crippen LogP contribution in [0.25, 0.3) is 33.8 Å². The van der Waals surface area contributed by atoms with Gasteiger partial charge < -0.3 is 33.7 Å². The molecule has 6 aromatic rings. The number of anilines is 1. The average molecular weight is 781 g/mol. The zero-order valence-corrected chi connectivity index (χ0v) is 29.5. The van der Waals surface area contributed by atoms with Crippen LogP contribution in [0.4, 0.5) is 5.69 Å². The minimum Gasteiger partial charge on any atom is -0.760 e. The quantitative estimate of drug-likeness (QED) is 0.157. The van der Waals surface area contributed by atoms with E-state index in [0.717, 1.165) is 43.3 Å². The van der Waals surface area contributed by atoms with Crippen molar-refractivity contribution in [2.75, 3.05) is 5.32 Å². The molecule has 3 aliphatic rings. The fourth-order valence-electron chi connectivity index (χ4n) is 7.36. The summed E-state index contributed by atoms with van der Waals surface area (Å²) in [6, 6.07) is 17.7. The Labute approximate surface area is 326 Å². The van der Waals surface area contributed by atoms with Gasteiger partial charge >= 0.3 is 0 Å². The molecule has 256 valence electrons. The standard InChI is InChI=1S/C35H29BrN6O6S.Ar/c1-16(2)27-33-40-29(32-38-15-26(46-32)19-14-37-23-9-4-3-6-18(19)23)30(48-33)35-20-7-5-8-22(36)28(20)41-34(35)47-25-11-10-17(12-21(25)35)13-24(31(43)39-27)42-49(44)45;/h3-12,14-16,24,27,34,37,41-42H,13H2,1-2H3,(H,39,43)(H,44,45);/p-1/t24-,27-,34?,35-;/m0./s1. The maximum Gasteiger partial charge on any atom is 0.249 e. The summed E-state index contributed by atoms with van der Waals surface area (Å²) in [5, 5.41) is 7.56. The molecule has 0 fully saturated rings. The van der Waals surface area contributed by atoms with E-state index in [4.69, 9.17) is 23.5 Å². The number of hydrogen-bond donors (Lipinski definition) is 4. The van der Waals surface area contributed by atoms with Gasteiger partial charge in [0.2, 0.25) is 17.7 Å². The second-order valence-electron chi connectivity index (χ2n) is 12.8. The third-order valence-electron chi connectivity index (χ3n) is 9.61. The van der Waals surface area contributed by atoms with Gasteiger partial charge in [0.15, 0.2) is 23.4 Å². The Morgan fingerprint density at radius 2 is 1.92 bits per heavy atom. The number of benzene rings is 3. The maximum atomic E-state index is 13.7. The van der Waals surface area contributed by atoms with Crippen LogP contribution in [0.15, 0.2) is 86.4 Å². The predicted molar refractivity (Wildman–Crippen MR) is 183 cm³/mol. The van der Waals surface area contributed by atoms with Crippen LogP contribution in [0.2, 0.25) is 0 Å². The third-order valence-corrected chi connectivity index (χ3v) is 10.7. The molecule has 6 heterocycles. The molecule has 3 aromatic carbocycles. The number of aromatic nitrogens is 3. The number of rotatable bonds is 5. The second-order valence-corrected chi connectivity index (χ2v) is 14.3. The van der Waals surface area contributed by atoms with Crippen molar-refractivity contribution in [1.29, 1.82) is 0 Å². The normalized spacial score (nSPS) is 22.4. The number of halogens is 1. The largest absolute Gasteiger partial charge is 0.760 e. The van der Waals surface area contributed by atoms with Crippen LogP contribution in [0.5, 0.6) is 5.75 Å². The van der Waals surface area contributed by atoms with Crippen molar-refractivity contribution in [2.24, 2.45) is 5.92 Å². The molecule has 4 N–H and O–H groups in total. The first-order chi connectivity index (χ1) is 23.7. The molecule has 1 spiro atoms. The molecule has 0 saturated heterocycles. The number of amides is 1. The van der Waals surface area contributed by atoms with E-state index in [0.29, 0.717) is 23.0 Å². The summed E-state index contributed by atoms with van der Waals surface area (Å²) in [6.45, 7) is 3.86. The zero-order valence-electron chi connectivity index (χ0n) is 26.4. The molecule has 0 aliphatic carbocycles. The van der Waals surface area contributed by atoms with Gasteiger partial charge in [-0.3, -0.25) is 9.00 Å². The molecule has 3 aromatic heterocycles. The van der Waals surface area contributed by atoms with E-state index >= 15 is 0 Å². The van der Waals surface area contributed by atoms with Crippen LogP contribution >= 0.6 is 15.9 Å². The Morgan fingerprint density at radius 3 is 2.74 bits per heavy atom. The SMILES string of the molecule is CC(C)[C@@H]1NC(=O)[C@@H](NS(=O)[O-])Cc2ccc3c(c2)[C@@]2(c4cccc(Br)c4NC2O3)c2oc1nc2-c1ncc(-c2c[nH]c3ccccc23)o1.[Ar]. The van der Waals surface area contributed by atoms with Crippen molar-refractivity contribution in [1.82, 2.24) is 25.0 Å². The van der Waals surface area contributed by atoms with E-state index in [1.54, 1.807) is 6.20 Å². The topological polar surface area (TPSA) is 170 Å². The van der Waals surface area contributed by atoms with Gasteiger partial charge in [0, 0.05) is 87.3 Å². The van der Waals surface area contributed by atoms with E-state index < -0.39 is 40.9 Å². The summed E-state index contributed by atoms with van der Waals surface area (Å²) < 4.78 is 47.0. The number of nitrogens with zero attached hydrogens (tertiary/aromatic N) is 2. The molecular formula is C35H28ArBrN6O6S-. The molecule has 15 heteroatoms. The average Bonchev–Trinajstić information content (AvgIpc) is 3.89.